The van der Waals surface area contributed by atoms with E-state index in [9.17, 15) is 4.79 Å². The maximum Gasteiger partial charge on any atom is 0.354 e. The molecule has 2 rings (SSSR count). The van der Waals surface area contributed by atoms with Gasteiger partial charge in [-0.25, -0.2) is 4.79 Å². The molecular formula is C13H17N3O4. The van der Waals surface area contributed by atoms with Crippen LogP contribution in [0.2, 0.25) is 0 Å². The summed E-state index contributed by atoms with van der Waals surface area (Å²) in [4.78, 5) is 23.0. The number of aromatic nitrogens is 3. The summed E-state index contributed by atoms with van der Waals surface area (Å²) in [6, 6.07) is 1.82. The summed E-state index contributed by atoms with van der Waals surface area (Å²) in [7, 11) is 0. The molecule has 0 bridgehead atoms. The summed E-state index contributed by atoms with van der Waals surface area (Å²) < 4.78 is 15.7. The second-order valence-corrected chi connectivity index (χ2v) is 3.84. The highest BCUT2D eigenvalue weighted by Gasteiger charge is 2.17. The number of rotatable bonds is 6. The molecule has 7 nitrogen and oxygen atoms in total. The number of H-pyrrole nitrogens is 1. The van der Waals surface area contributed by atoms with Gasteiger partial charge in [0.2, 0.25) is 5.88 Å². The molecule has 0 unspecified atom stereocenters. The number of esters is 1. The molecule has 0 saturated carbocycles. The number of hydrogen-bond acceptors (Lipinski definition) is 6. The SMILES string of the molecule is CCOC(=O)c1cc2nc(OCC)nc(OCC)c2[nH]1. The van der Waals surface area contributed by atoms with E-state index in [0.29, 0.717) is 42.4 Å². The fourth-order valence-corrected chi connectivity index (χ4v) is 1.72. The Hall–Kier alpha value is -2.31. The van der Waals surface area contributed by atoms with E-state index >= 15 is 0 Å². The molecular weight excluding hydrogens is 262 g/mol. The first-order chi connectivity index (χ1) is 9.69. The lowest BCUT2D eigenvalue weighted by Crippen LogP contribution is -2.04. The Balaban J connectivity index is 2.47. The highest BCUT2D eigenvalue weighted by atomic mass is 16.5. The topological polar surface area (TPSA) is 86.3 Å². The third-order valence-corrected chi connectivity index (χ3v) is 2.47. The molecule has 0 aliphatic heterocycles. The van der Waals surface area contributed by atoms with Crippen molar-refractivity contribution in [3.05, 3.63) is 11.8 Å². The van der Waals surface area contributed by atoms with Crippen molar-refractivity contribution < 1.29 is 19.0 Å². The Labute approximate surface area is 116 Å². The van der Waals surface area contributed by atoms with Crippen molar-refractivity contribution in [1.82, 2.24) is 15.0 Å². The smallest absolute Gasteiger partial charge is 0.354 e. The van der Waals surface area contributed by atoms with Crippen LogP contribution in [0.4, 0.5) is 0 Å². The zero-order valence-corrected chi connectivity index (χ0v) is 11.7. The molecule has 0 fully saturated rings. The highest BCUT2D eigenvalue weighted by molar-refractivity contribution is 5.94. The lowest BCUT2D eigenvalue weighted by atomic mass is 10.4. The third-order valence-electron chi connectivity index (χ3n) is 2.47. The van der Waals surface area contributed by atoms with Crippen molar-refractivity contribution in [1.29, 1.82) is 0 Å². The summed E-state index contributed by atoms with van der Waals surface area (Å²) in [6.45, 7) is 6.65. The Morgan fingerprint density at radius 1 is 1.15 bits per heavy atom. The van der Waals surface area contributed by atoms with Crippen LogP contribution < -0.4 is 9.47 Å². The Bertz CT molecular complexity index is 609. The highest BCUT2D eigenvalue weighted by Crippen LogP contribution is 2.25. The number of fused-ring (bicyclic) bond motifs is 1. The van der Waals surface area contributed by atoms with Crippen molar-refractivity contribution >= 4 is 17.0 Å². The lowest BCUT2D eigenvalue weighted by molar-refractivity contribution is 0.0520. The molecule has 0 aliphatic rings. The van der Waals surface area contributed by atoms with Gasteiger partial charge in [-0.1, -0.05) is 0 Å². The number of nitrogens with zero attached hydrogens (tertiary/aromatic N) is 2. The molecule has 0 spiro atoms. The number of ether oxygens (including phenoxy) is 3. The van der Waals surface area contributed by atoms with Crippen molar-refractivity contribution in [2.45, 2.75) is 20.8 Å². The lowest BCUT2D eigenvalue weighted by Gasteiger charge is -2.06. The summed E-state index contributed by atoms with van der Waals surface area (Å²) in [5, 5.41) is 0. The Morgan fingerprint density at radius 3 is 2.55 bits per heavy atom. The summed E-state index contributed by atoms with van der Waals surface area (Å²) in [5.74, 6) is -0.0811. The minimum Gasteiger partial charge on any atom is -0.476 e. The second-order valence-electron chi connectivity index (χ2n) is 3.84. The minimum absolute atomic E-state index is 0.220. The van der Waals surface area contributed by atoms with Gasteiger partial charge in [-0.05, 0) is 26.8 Å². The first-order valence-corrected chi connectivity index (χ1v) is 6.53. The van der Waals surface area contributed by atoms with Gasteiger partial charge in [-0.3, -0.25) is 0 Å². The quantitative estimate of drug-likeness (QED) is 0.813. The fraction of sp³-hybridized carbons (Fsp3) is 0.462. The average molecular weight is 279 g/mol. The normalized spacial score (nSPS) is 10.6. The van der Waals surface area contributed by atoms with Crippen molar-refractivity contribution in [3.63, 3.8) is 0 Å². The van der Waals surface area contributed by atoms with E-state index in [-0.39, 0.29) is 6.01 Å². The van der Waals surface area contributed by atoms with Gasteiger partial charge in [-0.2, -0.15) is 9.97 Å². The van der Waals surface area contributed by atoms with E-state index in [0.717, 1.165) is 0 Å². The number of aromatic amines is 1. The first kappa shape index (κ1) is 14.1. The summed E-state index contributed by atoms with van der Waals surface area (Å²) in [5.41, 5.74) is 1.42. The third kappa shape index (κ3) is 2.81. The van der Waals surface area contributed by atoms with E-state index < -0.39 is 5.97 Å². The molecule has 1 N–H and O–H groups in total. The van der Waals surface area contributed by atoms with E-state index in [1.54, 1.807) is 13.0 Å². The molecule has 0 aromatic carbocycles. The minimum atomic E-state index is -0.439. The summed E-state index contributed by atoms with van der Waals surface area (Å²) in [6.07, 6.45) is 0. The molecule has 0 amide bonds. The number of carbonyl (C=O) groups excluding carboxylic acids is 1. The monoisotopic (exact) mass is 279 g/mol. The van der Waals surface area contributed by atoms with Gasteiger partial charge >= 0.3 is 12.0 Å². The number of carbonyl (C=O) groups is 1. The molecule has 0 radical (unpaired) electrons. The van der Waals surface area contributed by atoms with Gasteiger partial charge in [0.25, 0.3) is 0 Å². The predicted octanol–water partition coefficient (Wildman–Crippen LogP) is 1.93. The second kappa shape index (κ2) is 6.23. The zero-order valence-electron chi connectivity index (χ0n) is 11.7. The molecule has 2 heterocycles. The molecule has 2 aromatic heterocycles. The summed E-state index contributed by atoms with van der Waals surface area (Å²) >= 11 is 0. The maximum absolute atomic E-state index is 11.7. The number of nitrogens with one attached hydrogen (secondary N) is 1. The van der Waals surface area contributed by atoms with E-state index in [4.69, 9.17) is 14.2 Å². The molecule has 0 atom stereocenters. The van der Waals surface area contributed by atoms with Crippen LogP contribution in [0.1, 0.15) is 31.3 Å². The molecule has 108 valence electrons. The van der Waals surface area contributed by atoms with Crippen LogP contribution in [-0.2, 0) is 4.74 Å². The van der Waals surface area contributed by atoms with Crippen molar-refractivity contribution in [2.75, 3.05) is 19.8 Å². The zero-order chi connectivity index (χ0) is 14.5. The largest absolute Gasteiger partial charge is 0.476 e. The molecule has 0 saturated heterocycles. The first-order valence-electron chi connectivity index (χ1n) is 6.53. The Kier molecular flexibility index (Phi) is 4.39. The fourth-order valence-electron chi connectivity index (χ4n) is 1.72. The van der Waals surface area contributed by atoms with Crippen LogP contribution in [0, 0.1) is 0 Å². The molecule has 0 aliphatic carbocycles. The predicted molar refractivity (Wildman–Crippen MR) is 72.2 cm³/mol. The van der Waals surface area contributed by atoms with Crippen molar-refractivity contribution in [2.24, 2.45) is 0 Å². The number of hydrogen-bond donors (Lipinski definition) is 1. The van der Waals surface area contributed by atoms with Gasteiger partial charge in [0.05, 0.1) is 19.8 Å². The van der Waals surface area contributed by atoms with Crippen LogP contribution in [-0.4, -0.2) is 40.7 Å². The van der Waals surface area contributed by atoms with Crippen molar-refractivity contribution in [3.8, 4) is 11.9 Å². The Morgan fingerprint density at radius 2 is 1.90 bits per heavy atom. The van der Waals surface area contributed by atoms with Crippen LogP contribution >= 0.6 is 0 Å². The van der Waals surface area contributed by atoms with Gasteiger partial charge in [0.1, 0.15) is 16.7 Å². The van der Waals surface area contributed by atoms with Crippen LogP contribution in [0.3, 0.4) is 0 Å². The van der Waals surface area contributed by atoms with Gasteiger partial charge in [0.15, 0.2) is 0 Å². The van der Waals surface area contributed by atoms with Gasteiger partial charge < -0.3 is 19.2 Å². The van der Waals surface area contributed by atoms with E-state index in [1.165, 1.54) is 0 Å². The van der Waals surface area contributed by atoms with Crippen LogP contribution in [0.5, 0.6) is 11.9 Å². The standard InChI is InChI=1S/C13H17N3O4/c1-4-18-11-10-8(15-13(16-11)20-6-3)7-9(14-10)12(17)19-5-2/h7,14H,4-6H2,1-3H3. The maximum atomic E-state index is 11.7. The van der Waals surface area contributed by atoms with Gasteiger partial charge in [-0.15, -0.1) is 0 Å². The van der Waals surface area contributed by atoms with Crippen LogP contribution in [0.15, 0.2) is 6.07 Å². The average Bonchev–Trinajstić information content (AvgIpc) is 2.84. The molecule has 20 heavy (non-hydrogen) atoms. The van der Waals surface area contributed by atoms with E-state index in [2.05, 4.69) is 15.0 Å². The van der Waals surface area contributed by atoms with Crippen LogP contribution in [0.25, 0.3) is 11.0 Å². The molecule has 2 aromatic rings. The molecule has 7 heteroatoms. The van der Waals surface area contributed by atoms with Gasteiger partial charge in [0, 0.05) is 0 Å². The van der Waals surface area contributed by atoms with E-state index in [1.807, 2.05) is 13.8 Å².